The molecule has 29 heavy (non-hydrogen) atoms. The molecule has 0 atom stereocenters. The molecule has 0 saturated carbocycles. The van der Waals surface area contributed by atoms with Gasteiger partial charge < -0.3 is 4.57 Å². The van der Waals surface area contributed by atoms with E-state index in [4.69, 9.17) is 0 Å². The van der Waals surface area contributed by atoms with Crippen molar-refractivity contribution in [2.24, 2.45) is 14.1 Å². The van der Waals surface area contributed by atoms with Gasteiger partial charge in [0.25, 0.3) is 5.56 Å². The summed E-state index contributed by atoms with van der Waals surface area (Å²) in [6.07, 6.45) is -3.88. The topological polar surface area (TPSA) is 65.1 Å². The van der Waals surface area contributed by atoms with Gasteiger partial charge in [-0.15, -0.1) is 0 Å². The van der Waals surface area contributed by atoms with Crippen LogP contribution >= 0.6 is 0 Å². The normalized spacial score (nSPS) is 15.1. The second kappa shape index (κ2) is 6.87. The molecule has 0 saturated heterocycles. The van der Waals surface area contributed by atoms with Crippen molar-refractivity contribution in [3.05, 3.63) is 62.1 Å². The van der Waals surface area contributed by atoms with E-state index in [-0.39, 0.29) is 5.56 Å². The molecular weight excluding hydrogens is 387 g/mol. The number of alkyl halides is 3. The van der Waals surface area contributed by atoms with Gasteiger partial charge in [0.15, 0.2) is 11.2 Å². The highest BCUT2D eigenvalue weighted by Gasteiger charge is 2.30. The highest BCUT2D eigenvalue weighted by Crippen LogP contribution is 2.29. The van der Waals surface area contributed by atoms with Crippen LogP contribution in [0.1, 0.15) is 17.0 Å². The zero-order valence-electron chi connectivity index (χ0n) is 16.0. The maximum absolute atomic E-state index is 12.9. The number of nitrogens with zero attached hydrogens (tertiary/aromatic N) is 5. The molecule has 0 fully saturated rings. The average molecular weight is 407 g/mol. The van der Waals surface area contributed by atoms with Gasteiger partial charge in [0.1, 0.15) is 5.82 Å². The van der Waals surface area contributed by atoms with Crippen molar-refractivity contribution in [3.8, 4) is 0 Å². The predicted octanol–water partition coefficient (Wildman–Crippen LogP) is 1.51. The molecule has 1 aliphatic heterocycles. The van der Waals surface area contributed by atoms with Gasteiger partial charge in [-0.1, -0.05) is 18.2 Å². The van der Waals surface area contributed by atoms with Gasteiger partial charge >= 0.3 is 11.9 Å². The SMILES string of the molecule is Cn1c(=O)c2c(nc3n2CCN(CCc2cccc(C(F)(F)F)c2)C3)n(C)c1=O. The number of fused-ring (bicyclic) bond motifs is 3. The Morgan fingerprint density at radius 3 is 2.59 bits per heavy atom. The van der Waals surface area contributed by atoms with Crippen LogP contribution in [0, 0.1) is 0 Å². The quantitative estimate of drug-likeness (QED) is 0.660. The lowest BCUT2D eigenvalue weighted by molar-refractivity contribution is -0.137. The summed E-state index contributed by atoms with van der Waals surface area (Å²) in [7, 11) is 3.02. The molecule has 10 heteroatoms. The number of aryl methyl sites for hydroxylation is 1. The number of benzene rings is 1. The number of hydrogen-bond acceptors (Lipinski definition) is 4. The van der Waals surface area contributed by atoms with E-state index in [1.54, 1.807) is 13.1 Å². The van der Waals surface area contributed by atoms with Crippen LogP contribution in [0.25, 0.3) is 11.2 Å². The fraction of sp³-hybridized carbons (Fsp3) is 0.421. The first-order valence-corrected chi connectivity index (χ1v) is 9.20. The zero-order valence-corrected chi connectivity index (χ0v) is 16.0. The van der Waals surface area contributed by atoms with E-state index in [0.717, 1.165) is 10.6 Å². The van der Waals surface area contributed by atoms with Crippen molar-refractivity contribution in [2.45, 2.75) is 25.7 Å². The lowest BCUT2D eigenvalue weighted by Gasteiger charge is -2.27. The second-order valence-electron chi connectivity index (χ2n) is 7.28. The summed E-state index contributed by atoms with van der Waals surface area (Å²) >= 11 is 0. The van der Waals surface area contributed by atoms with E-state index < -0.39 is 17.4 Å². The van der Waals surface area contributed by atoms with Crippen LogP contribution in [0.3, 0.4) is 0 Å². The van der Waals surface area contributed by atoms with Gasteiger partial charge in [-0.2, -0.15) is 13.2 Å². The van der Waals surface area contributed by atoms with Crippen LogP contribution in [-0.4, -0.2) is 36.7 Å². The van der Waals surface area contributed by atoms with Gasteiger partial charge in [0, 0.05) is 33.7 Å². The Bertz CT molecular complexity index is 1210. The fourth-order valence-electron chi connectivity index (χ4n) is 3.75. The molecular formula is C19H20F3N5O2. The van der Waals surface area contributed by atoms with Crippen LogP contribution in [0.4, 0.5) is 13.2 Å². The van der Waals surface area contributed by atoms with Gasteiger partial charge in [0.05, 0.1) is 12.1 Å². The highest BCUT2D eigenvalue weighted by molar-refractivity contribution is 5.71. The molecule has 1 aromatic carbocycles. The molecule has 0 spiro atoms. The van der Waals surface area contributed by atoms with Crippen molar-refractivity contribution in [3.63, 3.8) is 0 Å². The maximum atomic E-state index is 12.9. The predicted molar refractivity (Wildman–Crippen MR) is 101 cm³/mol. The van der Waals surface area contributed by atoms with Crippen molar-refractivity contribution in [2.75, 3.05) is 13.1 Å². The third-order valence-corrected chi connectivity index (χ3v) is 5.40. The van der Waals surface area contributed by atoms with Gasteiger partial charge in [-0.3, -0.25) is 18.8 Å². The van der Waals surface area contributed by atoms with Crippen LogP contribution in [-0.2, 0) is 39.8 Å². The Morgan fingerprint density at radius 2 is 1.86 bits per heavy atom. The van der Waals surface area contributed by atoms with Crippen LogP contribution in [0.5, 0.6) is 0 Å². The van der Waals surface area contributed by atoms with Crippen molar-refractivity contribution < 1.29 is 13.2 Å². The van der Waals surface area contributed by atoms with Crippen LogP contribution < -0.4 is 11.2 Å². The summed E-state index contributed by atoms with van der Waals surface area (Å²) in [5, 5.41) is 0. The summed E-state index contributed by atoms with van der Waals surface area (Å²) in [4.78, 5) is 31.2. The second-order valence-corrected chi connectivity index (χ2v) is 7.28. The molecule has 1 aliphatic rings. The van der Waals surface area contributed by atoms with Crippen molar-refractivity contribution in [1.29, 1.82) is 0 Å². The first kappa shape index (κ1) is 19.4. The molecule has 0 radical (unpaired) electrons. The molecule has 3 heterocycles. The fourth-order valence-corrected chi connectivity index (χ4v) is 3.75. The number of rotatable bonds is 3. The Balaban J connectivity index is 1.56. The minimum Gasteiger partial charge on any atom is -0.320 e. The van der Waals surface area contributed by atoms with E-state index in [1.807, 2.05) is 4.57 Å². The van der Waals surface area contributed by atoms with Crippen molar-refractivity contribution >= 4 is 11.2 Å². The van der Waals surface area contributed by atoms with Gasteiger partial charge in [-0.25, -0.2) is 9.78 Å². The summed E-state index contributed by atoms with van der Waals surface area (Å²) < 4.78 is 42.9. The maximum Gasteiger partial charge on any atom is 0.416 e. The van der Waals surface area contributed by atoms with E-state index >= 15 is 0 Å². The number of imidazole rings is 1. The minimum atomic E-state index is -4.35. The summed E-state index contributed by atoms with van der Waals surface area (Å²) in [6.45, 7) is 2.21. The third kappa shape index (κ3) is 3.37. The van der Waals surface area contributed by atoms with Crippen LogP contribution in [0.15, 0.2) is 33.9 Å². The molecule has 0 amide bonds. The Morgan fingerprint density at radius 1 is 1.10 bits per heavy atom. The Hall–Kier alpha value is -2.88. The molecule has 3 aromatic rings. The Kier molecular flexibility index (Phi) is 4.60. The molecule has 0 aliphatic carbocycles. The number of aromatic nitrogens is 4. The minimum absolute atomic E-state index is 0.354. The van der Waals surface area contributed by atoms with Crippen LogP contribution in [0.2, 0.25) is 0 Å². The van der Waals surface area contributed by atoms with Gasteiger partial charge in [-0.05, 0) is 18.1 Å². The summed E-state index contributed by atoms with van der Waals surface area (Å²) in [6, 6.07) is 5.36. The summed E-state index contributed by atoms with van der Waals surface area (Å²) in [5.41, 5.74) is -0.0732. The lowest BCUT2D eigenvalue weighted by atomic mass is 10.1. The highest BCUT2D eigenvalue weighted by atomic mass is 19.4. The zero-order chi connectivity index (χ0) is 20.9. The monoisotopic (exact) mass is 407 g/mol. The molecule has 0 N–H and O–H groups in total. The third-order valence-electron chi connectivity index (χ3n) is 5.40. The molecule has 0 bridgehead atoms. The molecule has 154 valence electrons. The molecule has 7 nitrogen and oxygen atoms in total. The molecule has 4 rings (SSSR count). The molecule has 0 unspecified atom stereocenters. The summed E-state index contributed by atoms with van der Waals surface area (Å²) in [5.74, 6) is 0.675. The largest absolute Gasteiger partial charge is 0.416 e. The van der Waals surface area contributed by atoms with E-state index in [9.17, 15) is 22.8 Å². The lowest BCUT2D eigenvalue weighted by Crippen LogP contribution is -2.39. The van der Waals surface area contributed by atoms with E-state index in [1.165, 1.54) is 23.7 Å². The van der Waals surface area contributed by atoms with Gasteiger partial charge in [0.2, 0.25) is 0 Å². The number of hydrogen-bond donors (Lipinski definition) is 0. The van der Waals surface area contributed by atoms with E-state index in [2.05, 4.69) is 9.88 Å². The van der Waals surface area contributed by atoms with E-state index in [0.29, 0.717) is 55.2 Å². The number of halogens is 3. The Labute approximate surface area is 163 Å². The standard InChI is InChI=1S/C19H20F3N5O2/c1-24-16-15(17(28)25(2)18(24)29)27-9-8-26(11-14(27)23-16)7-6-12-4-3-5-13(10-12)19(20,21)22/h3-5,10H,6-9,11H2,1-2H3. The van der Waals surface area contributed by atoms with Crippen molar-refractivity contribution in [1.82, 2.24) is 23.6 Å². The molecule has 2 aromatic heterocycles. The average Bonchev–Trinajstić information content (AvgIpc) is 3.07. The first-order valence-electron chi connectivity index (χ1n) is 9.20. The first-order chi connectivity index (χ1) is 13.7. The smallest absolute Gasteiger partial charge is 0.320 e.